The minimum absolute atomic E-state index is 0.0291. The lowest BCUT2D eigenvalue weighted by Gasteiger charge is -2.37. The zero-order chi connectivity index (χ0) is 31.2. The van der Waals surface area contributed by atoms with Gasteiger partial charge >= 0.3 is 0 Å². The second kappa shape index (κ2) is 11.9. The van der Waals surface area contributed by atoms with Gasteiger partial charge in [-0.15, -0.1) is 0 Å². The average Bonchev–Trinajstić information content (AvgIpc) is 3.05. The maximum Gasteiger partial charge on any atom is 0.201 e. The van der Waals surface area contributed by atoms with Crippen molar-refractivity contribution in [3.8, 4) is 40.2 Å². The van der Waals surface area contributed by atoms with E-state index in [9.17, 15) is 10.2 Å². The highest BCUT2D eigenvalue weighted by atomic mass is 16.5. The van der Waals surface area contributed by atoms with Crippen molar-refractivity contribution in [2.45, 2.75) is 44.4 Å². The molecule has 0 aliphatic carbocycles. The van der Waals surface area contributed by atoms with E-state index in [0.29, 0.717) is 35.2 Å². The molecule has 0 saturated heterocycles. The van der Waals surface area contributed by atoms with E-state index in [4.69, 9.17) is 18.9 Å². The predicted molar refractivity (Wildman–Crippen MR) is 172 cm³/mol. The number of phenolic OH excluding ortho intramolecular Hbond substituents is 1. The fraction of sp³-hybridized carbons (Fsp3) is 0.351. The Morgan fingerprint density at radius 1 is 0.756 bits per heavy atom. The van der Waals surface area contributed by atoms with E-state index in [1.165, 1.54) is 16.7 Å². The first-order valence-electron chi connectivity index (χ1n) is 15.6. The molecule has 2 N–H and O–H groups in total. The Morgan fingerprint density at radius 2 is 1.42 bits per heavy atom. The van der Waals surface area contributed by atoms with Crippen LogP contribution in [0.15, 0.2) is 60.7 Å². The molecule has 0 saturated carbocycles. The number of ether oxygens (including phenoxy) is 4. The summed E-state index contributed by atoms with van der Waals surface area (Å²) in [4.78, 5) is 4.68. The molecule has 6 bridgehead atoms. The van der Waals surface area contributed by atoms with Crippen molar-refractivity contribution in [2.24, 2.45) is 0 Å². The molecule has 4 aliphatic heterocycles. The van der Waals surface area contributed by atoms with E-state index in [-0.39, 0.29) is 24.4 Å². The highest BCUT2D eigenvalue weighted by Gasteiger charge is 2.34. The van der Waals surface area contributed by atoms with Crippen molar-refractivity contribution >= 4 is 0 Å². The Balaban J connectivity index is 1.45. The summed E-state index contributed by atoms with van der Waals surface area (Å²) in [5.74, 6) is 3.30. The number of aromatic hydroxyl groups is 1. The van der Waals surface area contributed by atoms with Crippen molar-refractivity contribution in [1.29, 1.82) is 0 Å². The number of rotatable bonds is 3. The van der Waals surface area contributed by atoms with Gasteiger partial charge in [0, 0.05) is 36.3 Å². The van der Waals surface area contributed by atoms with Crippen LogP contribution in [0.4, 0.5) is 0 Å². The normalized spacial score (nSPS) is 19.5. The molecular weight excluding hydrogens is 568 g/mol. The molecule has 234 valence electrons. The molecule has 2 atom stereocenters. The molecule has 8 heteroatoms. The van der Waals surface area contributed by atoms with E-state index >= 15 is 0 Å². The summed E-state index contributed by atoms with van der Waals surface area (Å²) >= 11 is 0. The zero-order valence-electron chi connectivity index (χ0n) is 26.3. The topological polar surface area (TPSA) is 83.9 Å². The summed E-state index contributed by atoms with van der Waals surface area (Å²) in [6, 6.07) is 20.4. The standard InChI is InChI=1S/C37H40N2O6/c1-38-13-11-24-18-32(42-3)33-20-28(24)29(38)15-22-6-9-27(10-7-22)44-31-17-23(5-8-26(31)21-40)16-30-35-25(12-14-39(30)2)19-34(43-4)36(41)37(35)45-33/h5-10,17-20,29-30,40-41H,11-16,21H2,1-4H3. The van der Waals surface area contributed by atoms with E-state index in [1.54, 1.807) is 14.2 Å². The maximum absolute atomic E-state index is 11.6. The van der Waals surface area contributed by atoms with Crippen LogP contribution >= 0.6 is 0 Å². The SMILES string of the molecule is COc1cc2c3cc1Oc1c(O)c(OC)cc4c1C(Cc1ccc(CO)c(c1)Oc1ccc(cc1)CC3N(C)CC2)N(C)CC4. The Labute approximate surface area is 264 Å². The van der Waals surface area contributed by atoms with Gasteiger partial charge in [-0.2, -0.15) is 0 Å². The number of methoxy groups -OCH3 is 2. The van der Waals surface area contributed by atoms with Gasteiger partial charge in [0.05, 0.1) is 20.8 Å². The van der Waals surface area contributed by atoms with Gasteiger partial charge in [-0.3, -0.25) is 9.80 Å². The fourth-order valence-corrected chi connectivity index (χ4v) is 7.12. The van der Waals surface area contributed by atoms with Gasteiger partial charge in [-0.05, 0) is 104 Å². The number of hydrogen-bond acceptors (Lipinski definition) is 8. The van der Waals surface area contributed by atoms with Gasteiger partial charge in [0.2, 0.25) is 5.75 Å². The minimum Gasteiger partial charge on any atom is -0.502 e. The summed E-state index contributed by atoms with van der Waals surface area (Å²) in [5.41, 5.74) is 7.39. The molecule has 8 rings (SSSR count). The number of nitrogens with zero attached hydrogens (tertiary/aromatic N) is 2. The van der Waals surface area contributed by atoms with Crippen LogP contribution in [0.2, 0.25) is 0 Å². The molecule has 4 heterocycles. The summed E-state index contributed by atoms with van der Waals surface area (Å²) < 4.78 is 24.7. The predicted octanol–water partition coefficient (Wildman–Crippen LogP) is 6.34. The first kappa shape index (κ1) is 29.5. The van der Waals surface area contributed by atoms with Gasteiger partial charge in [0.25, 0.3) is 0 Å². The van der Waals surface area contributed by atoms with Crippen LogP contribution in [0, 0.1) is 0 Å². The third-order valence-electron chi connectivity index (χ3n) is 9.74. The number of likely N-dealkylation sites (N-methyl/N-ethyl adjacent to an activating group) is 2. The van der Waals surface area contributed by atoms with E-state index in [1.807, 2.05) is 36.4 Å². The monoisotopic (exact) mass is 608 g/mol. The van der Waals surface area contributed by atoms with Gasteiger partial charge in [0.1, 0.15) is 11.5 Å². The quantitative estimate of drug-likeness (QED) is 0.279. The fourth-order valence-electron chi connectivity index (χ4n) is 7.12. The molecule has 4 aliphatic rings. The highest BCUT2D eigenvalue weighted by Crippen LogP contribution is 2.51. The van der Waals surface area contributed by atoms with Crippen LogP contribution in [-0.4, -0.2) is 61.4 Å². The summed E-state index contributed by atoms with van der Waals surface area (Å²) in [6.45, 7) is 1.65. The molecule has 0 radical (unpaired) electrons. The Morgan fingerprint density at radius 3 is 2.16 bits per heavy atom. The van der Waals surface area contributed by atoms with E-state index in [0.717, 1.165) is 60.4 Å². The third-order valence-corrected chi connectivity index (χ3v) is 9.74. The number of aliphatic hydroxyl groups excluding tert-OH is 1. The second-order valence-corrected chi connectivity index (χ2v) is 12.4. The molecule has 45 heavy (non-hydrogen) atoms. The first-order chi connectivity index (χ1) is 21.9. The number of aliphatic hydroxyl groups is 1. The highest BCUT2D eigenvalue weighted by molar-refractivity contribution is 5.63. The largest absolute Gasteiger partial charge is 0.502 e. The Hall–Kier alpha value is -4.24. The van der Waals surface area contributed by atoms with Crippen LogP contribution in [0.1, 0.15) is 51.0 Å². The van der Waals surface area contributed by atoms with Crippen molar-refractivity contribution in [3.05, 3.63) is 99.6 Å². The first-order valence-corrected chi connectivity index (χ1v) is 15.6. The molecule has 0 amide bonds. The van der Waals surface area contributed by atoms with Crippen LogP contribution in [0.3, 0.4) is 0 Å². The van der Waals surface area contributed by atoms with E-state index in [2.05, 4.69) is 48.2 Å². The van der Waals surface area contributed by atoms with Gasteiger partial charge in [-0.25, -0.2) is 0 Å². The molecule has 8 nitrogen and oxygen atoms in total. The summed E-state index contributed by atoms with van der Waals surface area (Å²) in [6.07, 6.45) is 3.14. The Bertz CT molecular complexity index is 1740. The summed E-state index contributed by atoms with van der Waals surface area (Å²) in [7, 11) is 7.49. The lowest BCUT2D eigenvalue weighted by atomic mass is 9.87. The molecular formula is C37H40N2O6. The molecule has 4 aromatic rings. The lowest BCUT2D eigenvalue weighted by Crippen LogP contribution is -2.34. The molecule has 0 aromatic heterocycles. The molecule has 0 spiro atoms. The number of fused-ring (bicyclic) bond motifs is 2. The van der Waals surface area contributed by atoms with Crippen molar-refractivity contribution in [2.75, 3.05) is 41.4 Å². The minimum atomic E-state index is -0.124. The number of hydrogen-bond donors (Lipinski definition) is 2. The van der Waals surface area contributed by atoms with Crippen LogP contribution in [-0.2, 0) is 32.3 Å². The molecule has 4 aromatic carbocycles. The van der Waals surface area contributed by atoms with Crippen molar-refractivity contribution < 1.29 is 29.2 Å². The van der Waals surface area contributed by atoms with Gasteiger partial charge in [0.15, 0.2) is 23.0 Å². The number of benzene rings is 4. The molecule has 2 unspecified atom stereocenters. The van der Waals surface area contributed by atoms with Crippen LogP contribution in [0.5, 0.6) is 40.2 Å². The van der Waals surface area contributed by atoms with E-state index < -0.39 is 0 Å². The maximum atomic E-state index is 11.6. The third kappa shape index (κ3) is 5.37. The van der Waals surface area contributed by atoms with Gasteiger partial charge < -0.3 is 29.2 Å². The Kier molecular flexibility index (Phi) is 7.81. The van der Waals surface area contributed by atoms with Gasteiger partial charge in [-0.1, -0.05) is 24.3 Å². The van der Waals surface area contributed by atoms with Crippen molar-refractivity contribution in [1.82, 2.24) is 9.80 Å². The lowest BCUT2D eigenvalue weighted by molar-refractivity contribution is 0.220. The second-order valence-electron chi connectivity index (χ2n) is 12.4. The summed E-state index contributed by atoms with van der Waals surface area (Å²) in [5, 5.41) is 21.8. The van der Waals surface area contributed by atoms with Crippen LogP contribution < -0.4 is 18.9 Å². The van der Waals surface area contributed by atoms with Crippen LogP contribution in [0.25, 0.3) is 0 Å². The zero-order valence-corrected chi connectivity index (χ0v) is 26.3. The smallest absolute Gasteiger partial charge is 0.201 e. The average molecular weight is 609 g/mol. The molecule has 0 fully saturated rings. The number of phenols is 1. The van der Waals surface area contributed by atoms with Crippen molar-refractivity contribution in [3.63, 3.8) is 0 Å².